The molecule has 0 aliphatic rings. The zero-order chi connectivity index (χ0) is 22.2. The van der Waals surface area contributed by atoms with Crippen LogP contribution in [0.15, 0.2) is 45.9 Å². The van der Waals surface area contributed by atoms with Crippen molar-refractivity contribution in [1.29, 1.82) is 0 Å². The molecule has 0 unspecified atom stereocenters. The van der Waals surface area contributed by atoms with Gasteiger partial charge in [0, 0.05) is 19.3 Å². The molecule has 158 valence electrons. The van der Waals surface area contributed by atoms with Gasteiger partial charge in [0.05, 0.1) is 22.0 Å². The molecule has 2 aromatic carbocycles. The Hall–Kier alpha value is -2.79. The van der Waals surface area contributed by atoms with Crippen molar-refractivity contribution in [3.8, 4) is 17.1 Å². The normalized spacial score (nSPS) is 11.4. The largest absolute Gasteiger partial charge is 0.496 e. The highest BCUT2D eigenvalue weighted by Crippen LogP contribution is 2.30. The number of methoxy groups -OCH3 is 1. The number of hydrogen-bond donors (Lipinski definition) is 1. The Morgan fingerprint density at radius 2 is 1.87 bits per heavy atom. The maximum Gasteiger partial charge on any atom is 0.285 e. The molecule has 0 bridgehead atoms. The molecule has 1 amide bonds. The zero-order valence-corrected chi connectivity index (χ0v) is 18.4. The number of halogens is 3. The highest BCUT2D eigenvalue weighted by molar-refractivity contribution is 9.10. The summed E-state index contributed by atoms with van der Waals surface area (Å²) < 4.78 is 62.4. The van der Waals surface area contributed by atoms with Crippen molar-refractivity contribution in [2.45, 2.75) is 11.8 Å². The standard InChI is InChI=1S/C19H16BrF2N3O4S/c1-10-7-11(20)15(29-3)8-16(10)30(27,28)24-19(26)14-9-25(2)18(23-14)17-12(21)5-4-6-13(17)22/h4-9H,1-3H3,(H,24,26). The van der Waals surface area contributed by atoms with E-state index in [1.807, 2.05) is 4.72 Å². The average molecular weight is 500 g/mol. The van der Waals surface area contributed by atoms with Crippen molar-refractivity contribution in [2.75, 3.05) is 7.11 Å². The number of carbonyl (C=O) groups excluding carboxylic acids is 1. The zero-order valence-electron chi connectivity index (χ0n) is 16.0. The number of imidazole rings is 1. The van der Waals surface area contributed by atoms with E-state index in [2.05, 4.69) is 20.9 Å². The number of sulfonamides is 1. The molecule has 0 saturated carbocycles. The first-order chi connectivity index (χ1) is 14.0. The van der Waals surface area contributed by atoms with E-state index < -0.39 is 33.1 Å². The van der Waals surface area contributed by atoms with Gasteiger partial charge in [0.15, 0.2) is 0 Å². The van der Waals surface area contributed by atoms with E-state index >= 15 is 0 Å². The number of benzene rings is 2. The molecule has 1 heterocycles. The van der Waals surface area contributed by atoms with Crippen LogP contribution < -0.4 is 9.46 Å². The van der Waals surface area contributed by atoms with Crippen LogP contribution in [0.25, 0.3) is 11.4 Å². The topological polar surface area (TPSA) is 90.3 Å². The molecular formula is C19H16BrF2N3O4S. The molecule has 0 aliphatic heterocycles. The summed E-state index contributed by atoms with van der Waals surface area (Å²) in [6, 6.07) is 6.12. The van der Waals surface area contributed by atoms with Gasteiger partial charge < -0.3 is 9.30 Å². The molecule has 1 aromatic heterocycles. The third-order valence-electron chi connectivity index (χ3n) is 4.26. The quantitative estimate of drug-likeness (QED) is 0.579. The van der Waals surface area contributed by atoms with Crippen LogP contribution in [0.1, 0.15) is 16.1 Å². The Labute approximate surface area is 179 Å². The van der Waals surface area contributed by atoms with Gasteiger partial charge in [0.2, 0.25) is 0 Å². The first-order valence-corrected chi connectivity index (χ1v) is 10.7. The van der Waals surface area contributed by atoms with Gasteiger partial charge >= 0.3 is 0 Å². The van der Waals surface area contributed by atoms with Gasteiger partial charge in [-0.15, -0.1) is 0 Å². The van der Waals surface area contributed by atoms with E-state index in [0.29, 0.717) is 10.0 Å². The average Bonchev–Trinajstić information content (AvgIpc) is 3.03. The molecule has 0 aliphatic carbocycles. The van der Waals surface area contributed by atoms with E-state index in [4.69, 9.17) is 4.74 Å². The van der Waals surface area contributed by atoms with Crippen LogP contribution in [0, 0.1) is 18.6 Å². The van der Waals surface area contributed by atoms with E-state index in [-0.39, 0.29) is 22.2 Å². The van der Waals surface area contributed by atoms with Crippen LogP contribution in [0.2, 0.25) is 0 Å². The van der Waals surface area contributed by atoms with Crippen molar-refractivity contribution in [1.82, 2.24) is 14.3 Å². The Bertz CT molecular complexity index is 1240. The second-order valence-corrected chi connectivity index (χ2v) is 8.85. The summed E-state index contributed by atoms with van der Waals surface area (Å²) in [7, 11) is -1.46. The lowest BCUT2D eigenvalue weighted by Gasteiger charge is -2.11. The van der Waals surface area contributed by atoms with Crippen molar-refractivity contribution in [3.63, 3.8) is 0 Å². The lowest BCUT2D eigenvalue weighted by molar-refractivity contribution is 0.0977. The molecule has 0 saturated heterocycles. The molecule has 0 spiro atoms. The van der Waals surface area contributed by atoms with Gasteiger partial charge in [-0.3, -0.25) is 4.79 Å². The minimum atomic E-state index is -4.27. The van der Waals surface area contributed by atoms with Crippen LogP contribution in [0.5, 0.6) is 5.75 Å². The molecule has 7 nitrogen and oxygen atoms in total. The summed E-state index contributed by atoms with van der Waals surface area (Å²) in [5, 5.41) is 0. The van der Waals surface area contributed by atoms with Gasteiger partial charge in [0.25, 0.3) is 15.9 Å². The fraction of sp³-hybridized carbons (Fsp3) is 0.158. The summed E-state index contributed by atoms with van der Waals surface area (Å²) in [5.74, 6) is -2.66. The number of carbonyl (C=O) groups is 1. The van der Waals surface area contributed by atoms with Gasteiger partial charge in [-0.1, -0.05) is 6.07 Å². The number of aromatic nitrogens is 2. The van der Waals surface area contributed by atoms with Gasteiger partial charge in [-0.2, -0.15) is 0 Å². The maximum atomic E-state index is 14.1. The molecule has 0 radical (unpaired) electrons. The molecule has 30 heavy (non-hydrogen) atoms. The molecule has 0 fully saturated rings. The van der Waals surface area contributed by atoms with Crippen molar-refractivity contribution in [3.05, 3.63) is 63.9 Å². The Kier molecular flexibility index (Phi) is 5.95. The minimum absolute atomic E-state index is 0.158. The van der Waals surface area contributed by atoms with Crippen LogP contribution in [0.3, 0.4) is 0 Å². The van der Waals surface area contributed by atoms with Gasteiger partial charge in [-0.05, 0) is 46.6 Å². The number of nitrogens with one attached hydrogen (secondary N) is 1. The van der Waals surface area contributed by atoms with E-state index in [1.54, 1.807) is 6.92 Å². The van der Waals surface area contributed by atoms with E-state index in [9.17, 15) is 22.0 Å². The SMILES string of the molecule is COc1cc(S(=O)(=O)NC(=O)c2cn(C)c(-c3c(F)cccc3F)n2)c(C)cc1Br. The van der Waals surface area contributed by atoms with E-state index in [0.717, 1.165) is 12.1 Å². The second-order valence-electron chi connectivity index (χ2n) is 6.34. The second kappa shape index (κ2) is 8.15. The number of aryl methyl sites for hydroxylation is 2. The number of ether oxygens (including phenoxy) is 1. The number of rotatable bonds is 5. The van der Waals surface area contributed by atoms with Crippen LogP contribution >= 0.6 is 15.9 Å². The first-order valence-electron chi connectivity index (χ1n) is 8.44. The fourth-order valence-corrected chi connectivity index (χ4v) is 4.65. The minimum Gasteiger partial charge on any atom is -0.496 e. The molecule has 0 atom stereocenters. The predicted octanol–water partition coefficient (Wildman–Crippen LogP) is 3.56. The lowest BCUT2D eigenvalue weighted by atomic mass is 10.2. The third kappa shape index (κ3) is 4.08. The van der Waals surface area contributed by atoms with E-state index in [1.165, 1.54) is 43.1 Å². The summed E-state index contributed by atoms with van der Waals surface area (Å²) in [6.07, 6.45) is 1.18. The Balaban J connectivity index is 1.96. The summed E-state index contributed by atoms with van der Waals surface area (Å²) >= 11 is 3.26. The summed E-state index contributed by atoms with van der Waals surface area (Å²) in [5.41, 5.74) is -0.367. The maximum absolute atomic E-state index is 14.1. The smallest absolute Gasteiger partial charge is 0.285 e. The number of amides is 1. The fourth-order valence-electron chi connectivity index (χ4n) is 2.83. The lowest BCUT2D eigenvalue weighted by Crippen LogP contribution is -2.31. The number of nitrogens with zero attached hydrogens (tertiary/aromatic N) is 2. The first kappa shape index (κ1) is 21.9. The van der Waals surface area contributed by atoms with Crippen LogP contribution in [-0.4, -0.2) is 31.0 Å². The van der Waals surface area contributed by atoms with Crippen molar-refractivity contribution in [2.24, 2.45) is 7.05 Å². The summed E-state index contributed by atoms with van der Waals surface area (Å²) in [4.78, 5) is 16.3. The number of hydrogen-bond acceptors (Lipinski definition) is 5. The third-order valence-corrected chi connectivity index (χ3v) is 6.35. The molecule has 3 rings (SSSR count). The summed E-state index contributed by atoms with van der Waals surface area (Å²) in [6.45, 7) is 1.56. The molecular weight excluding hydrogens is 484 g/mol. The van der Waals surface area contributed by atoms with Crippen LogP contribution in [-0.2, 0) is 17.1 Å². The highest BCUT2D eigenvalue weighted by Gasteiger charge is 2.25. The van der Waals surface area contributed by atoms with Crippen molar-refractivity contribution < 1.29 is 26.7 Å². The predicted molar refractivity (Wildman–Crippen MR) is 109 cm³/mol. The van der Waals surface area contributed by atoms with Gasteiger partial charge in [-0.25, -0.2) is 26.9 Å². The van der Waals surface area contributed by atoms with Gasteiger partial charge in [0.1, 0.15) is 28.9 Å². The molecule has 11 heteroatoms. The molecule has 1 N–H and O–H groups in total. The Morgan fingerprint density at radius 1 is 1.23 bits per heavy atom. The van der Waals surface area contributed by atoms with Crippen molar-refractivity contribution >= 4 is 31.9 Å². The van der Waals surface area contributed by atoms with Crippen LogP contribution in [0.4, 0.5) is 8.78 Å². The Morgan fingerprint density at radius 3 is 2.47 bits per heavy atom. The highest BCUT2D eigenvalue weighted by atomic mass is 79.9. The molecule has 3 aromatic rings. The monoisotopic (exact) mass is 499 g/mol.